The van der Waals surface area contributed by atoms with Gasteiger partial charge in [0.1, 0.15) is 0 Å². The van der Waals surface area contributed by atoms with Gasteiger partial charge in [-0.15, -0.1) is 11.3 Å². The minimum atomic E-state index is 0.0519. The van der Waals surface area contributed by atoms with Crippen molar-refractivity contribution in [3.8, 4) is 0 Å². The summed E-state index contributed by atoms with van der Waals surface area (Å²) in [5, 5.41) is 9.14. The van der Waals surface area contributed by atoms with Crippen LogP contribution in [-0.2, 0) is 4.79 Å². The number of hydrogen-bond donors (Lipinski definition) is 3. The van der Waals surface area contributed by atoms with Crippen molar-refractivity contribution in [2.45, 2.75) is 26.2 Å². The molecule has 1 fully saturated rings. The molecule has 1 aromatic heterocycles. The fourth-order valence-corrected chi connectivity index (χ4v) is 3.78. The number of aryl methyl sites for hydroxylation is 1. The number of carbonyl (C=O) groups excluding carboxylic acids is 1. The van der Waals surface area contributed by atoms with Gasteiger partial charge in [-0.3, -0.25) is 4.79 Å². The lowest BCUT2D eigenvalue weighted by atomic mass is 9.95. The maximum Gasteiger partial charge on any atom is 0.227 e. The van der Waals surface area contributed by atoms with Crippen molar-refractivity contribution in [1.82, 2.24) is 4.98 Å². The van der Waals surface area contributed by atoms with Gasteiger partial charge in [-0.2, -0.15) is 0 Å². The van der Waals surface area contributed by atoms with E-state index in [1.807, 2.05) is 36.6 Å². The highest BCUT2D eigenvalue weighted by atomic mass is 32.1. The van der Waals surface area contributed by atoms with E-state index in [-0.39, 0.29) is 11.8 Å². The Bertz CT molecular complexity index is 667. The number of amides is 1. The average Bonchev–Trinajstić information content (AvgIpc) is 3.18. The van der Waals surface area contributed by atoms with Crippen LogP contribution in [0.2, 0.25) is 0 Å². The topological polar surface area (TPSA) is 80.0 Å². The Kier molecular flexibility index (Phi) is 4.93. The summed E-state index contributed by atoms with van der Waals surface area (Å²) in [6.07, 6.45) is 3.09. The molecule has 23 heavy (non-hydrogen) atoms. The Morgan fingerprint density at radius 2 is 2.04 bits per heavy atom. The van der Waals surface area contributed by atoms with Crippen molar-refractivity contribution in [2.75, 3.05) is 17.2 Å². The number of aromatic nitrogens is 1. The first-order chi connectivity index (χ1) is 11.2. The number of benzene rings is 1. The van der Waals surface area contributed by atoms with Crippen LogP contribution in [0.3, 0.4) is 0 Å². The molecule has 2 atom stereocenters. The lowest BCUT2D eigenvalue weighted by molar-refractivity contribution is -0.120. The van der Waals surface area contributed by atoms with Gasteiger partial charge in [0.05, 0.1) is 5.69 Å². The molecule has 0 saturated heterocycles. The second kappa shape index (κ2) is 7.10. The largest absolute Gasteiger partial charge is 0.332 e. The predicted molar refractivity (Wildman–Crippen MR) is 95.1 cm³/mol. The van der Waals surface area contributed by atoms with E-state index in [0.29, 0.717) is 12.5 Å². The summed E-state index contributed by atoms with van der Waals surface area (Å²) in [4.78, 5) is 16.7. The van der Waals surface area contributed by atoms with Crippen molar-refractivity contribution >= 4 is 33.8 Å². The molecule has 3 rings (SSSR count). The summed E-state index contributed by atoms with van der Waals surface area (Å²) in [7, 11) is 0. The maximum atomic E-state index is 12.4. The first-order valence-electron chi connectivity index (χ1n) is 7.96. The molecule has 0 spiro atoms. The fourth-order valence-electron chi connectivity index (χ4n) is 3.07. The van der Waals surface area contributed by atoms with Crippen LogP contribution in [0.25, 0.3) is 0 Å². The van der Waals surface area contributed by atoms with Crippen molar-refractivity contribution in [3.63, 3.8) is 0 Å². The van der Waals surface area contributed by atoms with E-state index >= 15 is 0 Å². The first kappa shape index (κ1) is 16.0. The monoisotopic (exact) mass is 330 g/mol. The summed E-state index contributed by atoms with van der Waals surface area (Å²) < 4.78 is 0. The summed E-state index contributed by atoms with van der Waals surface area (Å²) in [6.45, 7) is 2.56. The fraction of sp³-hybridized carbons (Fsp3) is 0.412. The lowest BCUT2D eigenvalue weighted by Gasteiger charge is -2.17. The highest BCUT2D eigenvalue weighted by molar-refractivity contribution is 7.13. The molecule has 5 nitrogen and oxygen atoms in total. The second-order valence-corrected chi connectivity index (χ2v) is 6.88. The predicted octanol–water partition coefficient (Wildman–Crippen LogP) is 3.51. The Labute approximate surface area is 140 Å². The SMILES string of the molecule is Cc1csc(Nc2ccc(NC(=O)[C@@H]3CCC[C@@H]3CN)cc2)n1. The molecule has 0 aliphatic heterocycles. The Morgan fingerprint density at radius 1 is 1.30 bits per heavy atom. The standard InChI is InChI=1S/C17H22N4OS/c1-11-10-23-17(19-11)21-14-7-5-13(6-8-14)20-16(22)15-4-2-3-12(15)9-18/h5-8,10,12,15H,2-4,9,18H2,1H3,(H,19,21)(H,20,22)/t12-,15-/m1/s1. The van der Waals surface area contributed by atoms with E-state index in [2.05, 4.69) is 15.6 Å². The van der Waals surface area contributed by atoms with Crippen LogP contribution in [0.5, 0.6) is 0 Å². The van der Waals surface area contributed by atoms with E-state index < -0.39 is 0 Å². The number of rotatable bonds is 5. The molecule has 1 saturated carbocycles. The van der Waals surface area contributed by atoms with Gasteiger partial charge in [-0.05, 0) is 56.5 Å². The van der Waals surface area contributed by atoms with Crippen LogP contribution in [-0.4, -0.2) is 17.4 Å². The smallest absolute Gasteiger partial charge is 0.227 e. The zero-order chi connectivity index (χ0) is 16.2. The molecule has 0 bridgehead atoms. The van der Waals surface area contributed by atoms with E-state index in [1.165, 1.54) is 0 Å². The van der Waals surface area contributed by atoms with Crippen LogP contribution in [0.1, 0.15) is 25.0 Å². The third kappa shape index (κ3) is 3.89. The maximum absolute atomic E-state index is 12.4. The quantitative estimate of drug-likeness (QED) is 0.784. The number of carbonyl (C=O) groups is 1. The number of thiazole rings is 1. The Balaban J connectivity index is 1.60. The summed E-state index contributed by atoms with van der Waals surface area (Å²) in [5.41, 5.74) is 8.54. The molecule has 1 aromatic carbocycles. The lowest BCUT2D eigenvalue weighted by Crippen LogP contribution is -2.29. The van der Waals surface area contributed by atoms with Crippen molar-refractivity contribution in [3.05, 3.63) is 35.3 Å². The molecule has 1 amide bonds. The van der Waals surface area contributed by atoms with Gasteiger partial charge >= 0.3 is 0 Å². The number of nitrogens with one attached hydrogen (secondary N) is 2. The number of nitrogens with zero attached hydrogens (tertiary/aromatic N) is 1. The zero-order valence-electron chi connectivity index (χ0n) is 13.2. The molecule has 122 valence electrons. The molecule has 1 aliphatic rings. The highest BCUT2D eigenvalue weighted by Gasteiger charge is 2.31. The molecule has 0 radical (unpaired) electrons. The van der Waals surface area contributed by atoms with Gasteiger partial charge in [0.15, 0.2) is 5.13 Å². The van der Waals surface area contributed by atoms with E-state index in [4.69, 9.17) is 5.73 Å². The van der Waals surface area contributed by atoms with Crippen LogP contribution in [0.15, 0.2) is 29.6 Å². The van der Waals surface area contributed by atoms with Crippen LogP contribution in [0.4, 0.5) is 16.5 Å². The molecule has 0 unspecified atom stereocenters. The molecule has 6 heteroatoms. The number of nitrogens with two attached hydrogens (primary N) is 1. The number of anilines is 3. The normalized spacial score (nSPS) is 20.4. The van der Waals surface area contributed by atoms with Gasteiger partial charge in [0.25, 0.3) is 0 Å². The van der Waals surface area contributed by atoms with Gasteiger partial charge in [0.2, 0.25) is 5.91 Å². The summed E-state index contributed by atoms with van der Waals surface area (Å²) in [6, 6.07) is 7.71. The van der Waals surface area contributed by atoms with Crippen LogP contribution in [0, 0.1) is 18.8 Å². The Morgan fingerprint density at radius 3 is 2.70 bits per heavy atom. The van der Waals surface area contributed by atoms with Crippen LogP contribution < -0.4 is 16.4 Å². The average molecular weight is 330 g/mol. The van der Waals surface area contributed by atoms with Crippen molar-refractivity contribution in [2.24, 2.45) is 17.6 Å². The van der Waals surface area contributed by atoms with Gasteiger partial charge in [-0.25, -0.2) is 4.98 Å². The van der Waals surface area contributed by atoms with Crippen molar-refractivity contribution in [1.29, 1.82) is 0 Å². The minimum Gasteiger partial charge on any atom is -0.332 e. The van der Waals surface area contributed by atoms with E-state index in [0.717, 1.165) is 41.5 Å². The molecule has 4 N–H and O–H groups in total. The first-order valence-corrected chi connectivity index (χ1v) is 8.84. The Hall–Kier alpha value is -1.92. The van der Waals surface area contributed by atoms with Gasteiger partial charge < -0.3 is 16.4 Å². The summed E-state index contributed by atoms with van der Waals surface area (Å²) in [5.74, 6) is 0.467. The third-order valence-electron chi connectivity index (χ3n) is 4.32. The van der Waals surface area contributed by atoms with E-state index in [1.54, 1.807) is 11.3 Å². The minimum absolute atomic E-state index is 0.0519. The number of hydrogen-bond acceptors (Lipinski definition) is 5. The second-order valence-electron chi connectivity index (χ2n) is 6.02. The molecular formula is C17H22N4OS. The summed E-state index contributed by atoms with van der Waals surface area (Å²) >= 11 is 1.57. The van der Waals surface area contributed by atoms with Gasteiger partial charge in [-0.1, -0.05) is 6.42 Å². The molecule has 1 heterocycles. The zero-order valence-corrected chi connectivity index (χ0v) is 14.0. The highest BCUT2D eigenvalue weighted by Crippen LogP contribution is 2.32. The van der Waals surface area contributed by atoms with E-state index in [9.17, 15) is 4.79 Å². The molecule has 1 aliphatic carbocycles. The molecule has 2 aromatic rings. The third-order valence-corrected chi connectivity index (χ3v) is 5.20. The van der Waals surface area contributed by atoms with Crippen LogP contribution >= 0.6 is 11.3 Å². The molecular weight excluding hydrogens is 308 g/mol. The van der Waals surface area contributed by atoms with Gasteiger partial charge in [0, 0.05) is 22.7 Å². The van der Waals surface area contributed by atoms with Crippen molar-refractivity contribution < 1.29 is 4.79 Å².